The molecule has 1 atom stereocenters. The fraction of sp³-hybridized carbons (Fsp3) is 0.212. The molecule has 0 aliphatic heterocycles. The number of nitrogens with zero attached hydrogens (tertiary/aromatic N) is 2. The minimum Gasteiger partial charge on any atom is -0.466 e. The van der Waals surface area contributed by atoms with Crippen molar-refractivity contribution in [3.63, 3.8) is 0 Å². The Morgan fingerprint density at radius 1 is 0.594 bits per heavy atom. The Morgan fingerprint density at radius 2 is 1.26 bits per heavy atom. The number of hydrogen-bond acceptors (Lipinski definition) is 2. The monoisotopic (exact) mass is 898 g/mol. The van der Waals surface area contributed by atoms with Crippen LogP contribution in [-0.4, -0.2) is 10.6 Å². The maximum Gasteiger partial charge on any atom is 0.107 e. The van der Waals surface area contributed by atoms with Crippen molar-refractivity contribution in [1.82, 2.24) is 4.57 Å². The summed E-state index contributed by atoms with van der Waals surface area (Å²) in [5.41, 5.74) is 21.6. The molecule has 7 aromatic rings. The highest BCUT2D eigenvalue weighted by Gasteiger charge is 2.37. The molecule has 1 unspecified atom stereocenters. The first-order chi connectivity index (χ1) is 33.9. The molecule has 342 valence electrons. The number of hydrogen-bond donors (Lipinski definition) is 0. The quantitative estimate of drug-likeness (QED) is 0.144. The SMILES string of the molecule is CC.CC1=C(OC2=Cc3c(n(-c4ccc(-c5ccc(N(c6ccc7c(c6)C(C)(C)c6cc(-c8ccccc8)ccc6-7)C6C=CC(C7=CCCC=C7)=CC6)cc5)cc4)c4ccccc34)CC2)CCC=C1. The lowest BCUT2D eigenvalue weighted by Crippen LogP contribution is -2.30. The Hall–Kier alpha value is -7.36. The van der Waals surface area contributed by atoms with Gasteiger partial charge in [-0.25, -0.2) is 0 Å². The number of rotatable bonds is 9. The van der Waals surface area contributed by atoms with E-state index < -0.39 is 0 Å². The Kier molecular flexibility index (Phi) is 11.9. The van der Waals surface area contributed by atoms with Crippen LogP contribution in [0.1, 0.15) is 95.5 Å². The van der Waals surface area contributed by atoms with Gasteiger partial charge >= 0.3 is 0 Å². The molecule has 0 bridgehead atoms. The number of aromatic nitrogens is 1. The van der Waals surface area contributed by atoms with E-state index in [-0.39, 0.29) is 11.5 Å². The summed E-state index contributed by atoms with van der Waals surface area (Å²) in [5, 5.41) is 1.27. The minimum atomic E-state index is -0.146. The fourth-order valence-electron chi connectivity index (χ4n) is 11.3. The molecule has 5 aliphatic rings. The van der Waals surface area contributed by atoms with Crippen molar-refractivity contribution in [3.05, 3.63) is 239 Å². The molecular formula is C66H62N2O. The summed E-state index contributed by atoms with van der Waals surface area (Å²) in [5.74, 6) is 2.17. The average Bonchev–Trinajstić information content (AvgIpc) is 3.85. The fourth-order valence-corrected chi connectivity index (χ4v) is 11.3. The van der Waals surface area contributed by atoms with Crippen LogP contribution in [0.5, 0.6) is 0 Å². The number of para-hydroxylation sites is 1. The summed E-state index contributed by atoms with van der Waals surface area (Å²) in [6, 6.07) is 52.4. The van der Waals surface area contributed by atoms with Crippen LogP contribution in [0.3, 0.4) is 0 Å². The molecule has 3 heteroatoms. The predicted octanol–water partition coefficient (Wildman–Crippen LogP) is 17.9. The summed E-state index contributed by atoms with van der Waals surface area (Å²) in [7, 11) is 0. The van der Waals surface area contributed by atoms with Crippen molar-refractivity contribution in [2.75, 3.05) is 4.90 Å². The van der Waals surface area contributed by atoms with Gasteiger partial charge in [-0.3, -0.25) is 0 Å². The van der Waals surface area contributed by atoms with Gasteiger partial charge in [0.05, 0.1) is 11.6 Å². The zero-order valence-electron chi connectivity index (χ0n) is 40.8. The van der Waals surface area contributed by atoms with E-state index in [0.717, 1.165) is 56.5 Å². The first kappa shape index (κ1) is 44.2. The number of fused-ring (bicyclic) bond motifs is 6. The first-order valence-corrected chi connectivity index (χ1v) is 25.3. The Morgan fingerprint density at radius 3 is 2.00 bits per heavy atom. The number of allylic oxidation sites excluding steroid dienone is 11. The van der Waals surface area contributed by atoms with Crippen molar-refractivity contribution >= 4 is 28.4 Å². The number of benzene rings is 6. The van der Waals surface area contributed by atoms with E-state index in [1.54, 1.807) is 0 Å². The zero-order valence-corrected chi connectivity index (χ0v) is 40.8. The van der Waals surface area contributed by atoms with Gasteiger partial charge < -0.3 is 14.2 Å². The summed E-state index contributed by atoms with van der Waals surface area (Å²) < 4.78 is 9.03. The Balaban J connectivity index is 0.00000257. The standard InChI is InChI=1S/C64H56N2O.C2H6/c1-43-14-10-13-21-63(43)67-54-36-39-62-58(42-54)57-19-11-12-20-61(57)66(62)52-33-26-48(27-34-52)47-24-31-51(32-25-47)65(50-29-22-46(23-30-50)44-15-6-4-7-16-44)53-35-38-56-55-37-28-49(45-17-8-5-9-18-45)40-59(55)64(2,3)60(56)41-53;1-2/h5-6,8-12,14-20,22-29,31-35,37-38,40-42,50H,4,7,13,21,30,36,39H2,1-3H3;1-2H3. The molecule has 0 saturated carbocycles. The van der Waals surface area contributed by atoms with Crippen molar-refractivity contribution in [2.45, 2.75) is 91.0 Å². The summed E-state index contributed by atoms with van der Waals surface area (Å²) in [6.45, 7) is 10.9. The molecule has 0 N–H and O–H groups in total. The van der Waals surface area contributed by atoms with E-state index in [1.165, 1.54) is 100 Å². The second kappa shape index (κ2) is 18.6. The van der Waals surface area contributed by atoms with Crippen LogP contribution >= 0.6 is 0 Å². The topological polar surface area (TPSA) is 17.4 Å². The molecule has 0 radical (unpaired) electrons. The zero-order chi connectivity index (χ0) is 47.1. The van der Waals surface area contributed by atoms with Crippen molar-refractivity contribution < 1.29 is 4.74 Å². The third-order valence-corrected chi connectivity index (χ3v) is 14.9. The molecule has 12 rings (SSSR count). The van der Waals surface area contributed by atoms with Gasteiger partial charge in [-0.05, 0) is 155 Å². The van der Waals surface area contributed by atoms with Crippen LogP contribution < -0.4 is 4.90 Å². The molecule has 1 heterocycles. The molecular weight excluding hydrogens is 837 g/mol. The summed E-state index contributed by atoms with van der Waals surface area (Å²) >= 11 is 0. The number of ether oxygens (including phenoxy) is 1. The normalized spacial score (nSPS) is 17.5. The summed E-state index contributed by atoms with van der Waals surface area (Å²) in [4.78, 5) is 2.56. The molecule has 0 saturated heterocycles. The van der Waals surface area contributed by atoms with Crippen LogP contribution in [0.2, 0.25) is 0 Å². The van der Waals surface area contributed by atoms with E-state index >= 15 is 0 Å². The molecule has 0 fully saturated rings. The van der Waals surface area contributed by atoms with Crippen molar-refractivity contribution in [2.24, 2.45) is 0 Å². The molecule has 1 aromatic heterocycles. The lowest BCUT2D eigenvalue weighted by molar-refractivity contribution is 0.275. The van der Waals surface area contributed by atoms with Crippen LogP contribution in [-0.2, 0) is 16.6 Å². The third kappa shape index (κ3) is 8.18. The van der Waals surface area contributed by atoms with Crippen molar-refractivity contribution in [1.29, 1.82) is 0 Å². The molecule has 69 heavy (non-hydrogen) atoms. The van der Waals surface area contributed by atoms with Gasteiger partial charge in [-0.1, -0.05) is 167 Å². The Labute approximate surface area is 409 Å². The van der Waals surface area contributed by atoms with E-state index in [1.807, 2.05) is 13.8 Å². The molecule has 6 aromatic carbocycles. The van der Waals surface area contributed by atoms with E-state index in [4.69, 9.17) is 4.74 Å². The average molecular weight is 899 g/mol. The van der Waals surface area contributed by atoms with Gasteiger partial charge in [0.2, 0.25) is 0 Å². The van der Waals surface area contributed by atoms with Gasteiger partial charge in [0.25, 0.3) is 0 Å². The van der Waals surface area contributed by atoms with Gasteiger partial charge in [0.1, 0.15) is 11.5 Å². The van der Waals surface area contributed by atoms with Gasteiger partial charge in [-0.2, -0.15) is 0 Å². The largest absolute Gasteiger partial charge is 0.466 e. The molecule has 0 spiro atoms. The second-order valence-corrected chi connectivity index (χ2v) is 19.4. The van der Waals surface area contributed by atoms with E-state index in [9.17, 15) is 0 Å². The maximum atomic E-state index is 6.56. The van der Waals surface area contributed by atoms with Crippen LogP contribution in [0, 0.1) is 0 Å². The second-order valence-electron chi connectivity index (χ2n) is 19.4. The predicted molar refractivity (Wildman–Crippen MR) is 292 cm³/mol. The van der Waals surface area contributed by atoms with E-state index in [2.05, 4.69) is 224 Å². The molecule has 3 nitrogen and oxygen atoms in total. The summed E-state index contributed by atoms with van der Waals surface area (Å²) in [6.07, 6.45) is 27.9. The van der Waals surface area contributed by atoms with E-state index in [0.29, 0.717) is 0 Å². The maximum absolute atomic E-state index is 6.56. The van der Waals surface area contributed by atoms with Crippen LogP contribution in [0.4, 0.5) is 11.4 Å². The lowest BCUT2D eigenvalue weighted by Gasteiger charge is -2.34. The van der Waals surface area contributed by atoms with Gasteiger partial charge in [0, 0.05) is 52.0 Å². The third-order valence-electron chi connectivity index (χ3n) is 14.9. The minimum absolute atomic E-state index is 0.146. The smallest absolute Gasteiger partial charge is 0.107 e. The first-order valence-electron chi connectivity index (χ1n) is 25.3. The van der Waals surface area contributed by atoms with Crippen molar-refractivity contribution in [3.8, 4) is 39.1 Å². The molecule has 5 aliphatic carbocycles. The highest BCUT2D eigenvalue weighted by molar-refractivity contribution is 5.94. The van der Waals surface area contributed by atoms with Crippen LogP contribution in [0.15, 0.2) is 216 Å². The highest BCUT2D eigenvalue weighted by Crippen LogP contribution is 2.51. The van der Waals surface area contributed by atoms with Gasteiger partial charge in [0.15, 0.2) is 0 Å². The van der Waals surface area contributed by atoms with Gasteiger partial charge in [-0.15, -0.1) is 0 Å². The lowest BCUT2D eigenvalue weighted by atomic mass is 9.81. The molecule has 0 amide bonds. The van der Waals surface area contributed by atoms with Crippen LogP contribution in [0.25, 0.3) is 56.0 Å². The number of anilines is 2. The highest BCUT2D eigenvalue weighted by atomic mass is 16.5. The Bertz CT molecular complexity index is 3310.